The highest BCUT2D eigenvalue weighted by atomic mass is 35.5. The van der Waals surface area contributed by atoms with Crippen molar-refractivity contribution in [3.8, 4) is 5.75 Å². The van der Waals surface area contributed by atoms with Gasteiger partial charge in [0.1, 0.15) is 18.2 Å². The molecule has 7 heteroatoms. The van der Waals surface area contributed by atoms with E-state index in [9.17, 15) is 9.18 Å². The lowest BCUT2D eigenvalue weighted by molar-refractivity contribution is 0.247. The van der Waals surface area contributed by atoms with Crippen LogP contribution in [0.2, 0.25) is 5.02 Å². The van der Waals surface area contributed by atoms with Gasteiger partial charge < -0.3 is 20.3 Å². The van der Waals surface area contributed by atoms with Gasteiger partial charge in [0.2, 0.25) is 0 Å². The molecule has 0 saturated carbocycles. The van der Waals surface area contributed by atoms with Crippen molar-refractivity contribution in [1.82, 2.24) is 5.32 Å². The summed E-state index contributed by atoms with van der Waals surface area (Å²) < 4.78 is 18.4. The Hall–Kier alpha value is -2.47. The van der Waals surface area contributed by atoms with E-state index in [-0.39, 0.29) is 24.2 Å². The minimum atomic E-state index is -0.424. The molecule has 2 aromatic carbocycles. The number of amides is 2. The van der Waals surface area contributed by atoms with Crippen LogP contribution in [0.5, 0.6) is 5.75 Å². The molecule has 0 saturated heterocycles. The molecule has 0 aliphatic rings. The molecule has 2 rings (SSSR count). The van der Waals surface area contributed by atoms with E-state index in [1.54, 1.807) is 0 Å². The van der Waals surface area contributed by atoms with E-state index in [4.69, 9.17) is 16.3 Å². The van der Waals surface area contributed by atoms with E-state index in [1.165, 1.54) is 18.2 Å². The molecular formula is C20H25ClFN3O2. The van der Waals surface area contributed by atoms with Crippen LogP contribution in [0.4, 0.5) is 20.6 Å². The summed E-state index contributed by atoms with van der Waals surface area (Å²) in [5, 5.41) is 5.74. The number of anilines is 2. The summed E-state index contributed by atoms with van der Waals surface area (Å²) in [6, 6.07) is 9.55. The maximum absolute atomic E-state index is 13.0. The fourth-order valence-electron chi connectivity index (χ4n) is 2.66. The van der Waals surface area contributed by atoms with Gasteiger partial charge in [-0.1, -0.05) is 11.6 Å². The summed E-state index contributed by atoms with van der Waals surface area (Å²) in [6.45, 7) is 8.55. The van der Waals surface area contributed by atoms with E-state index >= 15 is 0 Å². The monoisotopic (exact) mass is 393 g/mol. The first-order valence-electron chi connectivity index (χ1n) is 8.92. The summed E-state index contributed by atoms with van der Waals surface area (Å²) >= 11 is 5.88. The third-order valence-corrected chi connectivity index (χ3v) is 4.42. The van der Waals surface area contributed by atoms with Gasteiger partial charge in [0.15, 0.2) is 0 Å². The van der Waals surface area contributed by atoms with Crippen molar-refractivity contribution < 1.29 is 13.9 Å². The predicted molar refractivity (Wildman–Crippen MR) is 109 cm³/mol. The van der Waals surface area contributed by atoms with Gasteiger partial charge in [-0.25, -0.2) is 9.18 Å². The molecule has 0 heterocycles. The number of carbonyl (C=O) groups excluding carboxylic acids is 1. The van der Waals surface area contributed by atoms with Crippen LogP contribution in [0.1, 0.15) is 19.4 Å². The number of hydrogen-bond donors (Lipinski definition) is 2. The van der Waals surface area contributed by atoms with Crippen LogP contribution < -0.4 is 20.3 Å². The van der Waals surface area contributed by atoms with Crippen LogP contribution in [0.25, 0.3) is 0 Å². The standard InChI is InChI=1S/C20H25ClFN3O2/c1-4-25(5-2)16-7-8-18(14(3)12-16)24-20(26)23-10-11-27-19-9-6-15(22)13-17(19)21/h6-9,12-13H,4-5,10-11H2,1-3H3,(H2,23,24,26). The van der Waals surface area contributed by atoms with Gasteiger partial charge in [-0.05, 0) is 62.7 Å². The van der Waals surface area contributed by atoms with E-state index in [0.29, 0.717) is 5.75 Å². The Morgan fingerprint density at radius 1 is 1.19 bits per heavy atom. The number of hydrogen-bond acceptors (Lipinski definition) is 3. The maximum atomic E-state index is 13.0. The Balaban J connectivity index is 1.81. The molecule has 146 valence electrons. The van der Waals surface area contributed by atoms with Crippen molar-refractivity contribution in [2.45, 2.75) is 20.8 Å². The van der Waals surface area contributed by atoms with Crippen LogP contribution in [0.15, 0.2) is 36.4 Å². The van der Waals surface area contributed by atoms with Gasteiger partial charge >= 0.3 is 6.03 Å². The molecular weight excluding hydrogens is 369 g/mol. The predicted octanol–water partition coefficient (Wildman–Crippen LogP) is 4.83. The fraction of sp³-hybridized carbons (Fsp3) is 0.350. The average Bonchev–Trinajstić information content (AvgIpc) is 2.63. The third-order valence-electron chi connectivity index (χ3n) is 4.13. The second-order valence-electron chi connectivity index (χ2n) is 5.98. The van der Waals surface area contributed by atoms with E-state index in [1.807, 2.05) is 19.1 Å². The summed E-state index contributed by atoms with van der Waals surface area (Å²) in [4.78, 5) is 14.3. The Kier molecular flexibility index (Phi) is 7.73. The lowest BCUT2D eigenvalue weighted by Gasteiger charge is -2.22. The number of nitrogens with zero attached hydrogens (tertiary/aromatic N) is 1. The quantitative estimate of drug-likeness (QED) is 0.631. The second kappa shape index (κ2) is 10.0. The molecule has 27 heavy (non-hydrogen) atoms. The number of urea groups is 1. The molecule has 2 amide bonds. The smallest absolute Gasteiger partial charge is 0.319 e. The molecule has 0 unspecified atom stereocenters. The van der Waals surface area contributed by atoms with Crippen molar-refractivity contribution in [1.29, 1.82) is 0 Å². The number of nitrogens with one attached hydrogen (secondary N) is 2. The van der Waals surface area contributed by atoms with Crippen molar-refractivity contribution >= 4 is 29.0 Å². The van der Waals surface area contributed by atoms with Gasteiger partial charge in [0.05, 0.1) is 11.6 Å². The molecule has 0 aliphatic heterocycles. The number of halogens is 2. The van der Waals surface area contributed by atoms with Crippen molar-refractivity contribution in [2.75, 3.05) is 36.5 Å². The van der Waals surface area contributed by atoms with E-state index in [2.05, 4.69) is 35.4 Å². The molecule has 0 bridgehead atoms. The molecule has 0 atom stereocenters. The first-order valence-corrected chi connectivity index (χ1v) is 9.30. The van der Waals surface area contributed by atoms with Gasteiger partial charge in [-0.3, -0.25) is 0 Å². The molecule has 0 radical (unpaired) electrons. The van der Waals surface area contributed by atoms with Gasteiger partial charge in [0, 0.05) is 24.5 Å². The average molecular weight is 394 g/mol. The lowest BCUT2D eigenvalue weighted by atomic mass is 10.1. The van der Waals surface area contributed by atoms with Crippen molar-refractivity contribution in [2.24, 2.45) is 0 Å². The van der Waals surface area contributed by atoms with Crippen LogP contribution in [-0.4, -0.2) is 32.3 Å². The first-order chi connectivity index (χ1) is 12.9. The van der Waals surface area contributed by atoms with Crippen molar-refractivity contribution in [3.63, 3.8) is 0 Å². The number of ether oxygens (including phenoxy) is 1. The SMILES string of the molecule is CCN(CC)c1ccc(NC(=O)NCCOc2ccc(F)cc2Cl)c(C)c1. The normalized spacial score (nSPS) is 10.4. The topological polar surface area (TPSA) is 53.6 Å². The Morgan fingerprint density at radius 3 is 2.56 bits per heavy atom. The van der Waals surface area contributed by atoms with Gasteiger partial charge in [-0.2, -0.15) is 0 Å². The number of aryl methyl sites for hydroxylation is 1. The Morgan fingerprint density at radius 2 is 1.93 bits per heavy atom. The van der Waals surface area contributed by atoms with Crippen LogP contribution in [0.3, 0.4) is 0 Å². The molecule has 2 N–H and O–H groups in total. The fourth-order valence-corrected chi connectivity index (χ4v) is 2.88. The molecule has 0 fully saturated rings. The number of carbonyl (C=O) groups is 1. The zero-order valence-electron chi connectivity index (χ0n) is 15.8. The van der Waals surface area contributed by atoms with E-state index < -0.39 is 5.82 Å². The number of benzene rings is 2. The van der Waals surface area contributed by atoms with Crippen LogP contribution >= 0.6 is 11.6 Å². The Labute approximate surface area is 164 Å². The largest absolute Gasteiger partial charge is 0.490 e. The van der Waals surface area contributed by atoms with Gasteiger partial charge in [-0.15, -0.1) is 0 Å². The zero-order valence-corrected chi connectivity index (χ0v) is 16.6. The number of rotatable bonds is 8. The summed E-state index contributed by atoms with van der Waals surface area (Å²) in [6.07, 6.45) is 0. The summed E-state index contributed by atoms with van der Waals surface area (Å²) in [7, 11) is 0. The highest BCUT2D eigenvalue weighted by Gasteiger charge is 2.08. The second-order valence-corrected chi connectivity index (χ2v) is 6.38. The molecule has 2 aromatic rings. The molecule has 0 aromatic heterocycles. The Bertz CT molecular complexity index is 782. The zero-order chi connectivity index (χ0) is 19.8. The van der Waals surface area contributed by atoms with Gasteiger partial charge in [0.25, 0.3) is 0 Å². The molecule has 0 aliphatic carbocycles. The summed E-state index contributed by atoms with van der Waals surface area (Å²) in [5.41, 5.74) is 2.88. The van der Waals surface area contributed by atoms with Crippen LogP contribution in [0, 0.1) is 12.7 Å². The lowest BCUT2D eigenvalue weighted by Crippen LogP contribution is -2.32. The third kappa shape index (κ3) is 6.03. The first kappa shape index (κ1) is 20.8. The minimum Gasteiger partial charge on any atom is -0.490 e. The molecule has 0 spiro atoms. The van der Waals surface area contributed by atoms with Crippen LogP contribution in [-0.2, 0) is 0 Å². The maximum Gasteiger partial charge on any atom is 0.319 e. The molecule has 5 nitrogen and oxygen atoms in total. The highest BCUT2D eigenvalue weighted by molar-refractivity contribution is 6.32. The minimum absolute atomic E-state index is 0.198. The summed E-state index contributed by atoms with van der Waals surface area (Å²) in [5.74, 6) is -0.0460. The highest BCUT2D eigenvalue weighted by Crippen LogP contribution is 2.25. The van der Waals surface area contributed by atoms with Crippen molar-refractivity contribution in [3.05, 3.63) is 52.8 Å². The van der Waals surface area contributed by atoms with E-state index in [0.717, 1.165) is 30.0 Å².